The molecule has 3 nitrogen and oxygen atoms in total. The fraction of sp³-hybridized carbons (Fsp3) is 1.00. The maximum absolute atomic E-state index is 10.1. The van der Waals surface area contributed by atoms with Crippen molar-refractivity contribution in [3.8, 4) is 0 Å². The number of rotatable bonds is 5. The summed E-state index contributed by atoms with van der Waals surface area (Å²) in [4.78, 5) is 10.1. The summed E-state index contributed by atoms with van der Waals surface area (Å²) in [5, 5.41) is 11.8. The zero-order valence-electron chi connectivity index (χ0n) is 8.32. The van der Waals surface area contributed by atoms with Gasteiger partial charge in [-0.05, 0) is 17.0 Å². The third-order valence-corrected chi connectivity index (χ3v) is 2.95. The highest BCUT2D eigenvalue weighted by Crippen LogP contribution is 2.25. The minimum absolute atomic E-state index is 0.0440. The third-order valence-electron chi connectivity index (χ3n) is 2.95. The van der Waals surface area contributed by atoms with Gasteiger partial charge in [-0.15, -0.1) is 4.91 Å². The van der Waals surface area contributed by atoms with Gasteiger partial charge < -0.3 is 5.11 Å². The van der Waals surface area contributed by atoms with Crippen molar-refractivity contribution in [3.05, 3.63) is 4.91 Å². The molecule has 4 atom stereocenters. The fourth-order valence-corrected chi connectivity index (χ4v) is 1.26. The average Bonchev–Trinajstić information content (AvgIpc) is 2.12. The van der Waals surface area contributed by atoms with Crippen LogP contribution in [0.3, 0.4) is 0 Å². The van der Waals surface area contributed by atoms with E-state index in [0.717, 1.165) is 6.42 Å². The van der Waals surface area contributed by atoms with Crippen molar-refractivity contribution in [2.75, 3.05) is 0 Å². The predicted octanol–water partition coefficient (Wildman–Crippen LogP) is 2.39. The molecule has 0 rings (SSSR count). The lowest BCUT2D eigenvalue weighted by Gasteiger charge is -2.25. The van der Waals surface area contributed by atoms with Crippen molar-refractivity contribution in [1.29, 1.82) is 0 Å². The Labute approximate surface area is 74.1 Å². The molecule has 0 radical (unpaired) electrons. The van der Waals surface area contributed by atoms with E-state index in [1.807, 2.05) is 13.8 Å². The average molecular weight is 173 g/mol. The number of hydrogen-bond donors (Lipinski definition) is 1. The fourth-order valence-electron chi connectivity index (χ4n) is 1.26. The lowest BCUT2D eigenvalue weighted by Crippen LogP contribution is -2.25. The first kappa shape index (κ1) is 11.6. The summed E-state index contributed by atoms with van der Waals surface area (Å²) < 4.78 is 0. The quantitative estimate of drug-likeness (QED) is 0.649. The second kappa shape index (κ2) is 5.25. The Balaban J connectivity index is 4.07. The molecule has 0 aliphatic heterocycles. The van der Waals surface area contributed by atoms with Gasteiger partial charge in [0.05, 0.1) is 0 Å². The molecule has 0 fully saturated rings. The summed E-state index contributed by atoms with van der Waals surface area (Å²) in [6.07, 6.45) is 0.0193. The monoisotopic (exact) mass is 173 g/mol. The molecule has 12 heavy (non-hydrogen) atoms. The third kappa shape index (κ3) is 2.89. The Morgan fingerprint density at radius 2 is 1.75 bits per heavy atom. The highest BCUT2D eigenvalue weighted by Gasteiger charge is 2.24. The Morgan fingerprint density at radius 1 is 1.25 bits per heavy atom. The highest BCUT2D eigenvalue weighted by atomic mass is 16.3. The molecular formula is C9H19NO2. The first-order chi connectivity index (χ1) is 5.54. The first-order valence-electron chi connectivity index (χ1n) is 4.55. The van der Waals surface area contributed by atoms with Gasteiger partial charge in [-0.2, -0.15) is 0 Å². The van der Waals surface area contributed by atoms with E-state index in [1.54, 1.807) is 0 Å². The second-order valence-corrected chi connectivity index (χ2v) is 3.62. The van der Waals surface area contributed by atoms with Crippen molar-refractivity contribution in [2.24, 2.45) is 22.9 Å². The van der Waals surface area contributed by atoms with Crippen LogP contribution in [0.4, 0.5) is 0 Å². The number of hydrogen-bond acceptors (Lipinski definition) is 3. The van der Waals surface area contributed by atoms with E-state index in [-0.39, 0.29) is 5.92 Å². The summed E-state index contributed by atoms with van der Waals surface area (Å²) in [6.45, 7) is 8.14. The van der Waals surface area contributed by atoms with Gasteiger partial charge in [0.25, 0.3) is 0 Å². The molecule has 0 saturated carbocycles. The second-order valence-electron chi connectivity index (χ2n) is 3.62. The molecule has 0 aromatic carbocycles. The number of aliphatic hydroxyl groups excluding tert-OH is 1. The molecule has 0 amide bonds. The van der Waals surface area contributed by atoms with Crippen molar-refractivity contribution in [3.63, 3.8) is 0 Å². The van der Waals surface area contributed by atoms with Gasteiger partial charge in [0.1, 0.15) is 0 Å². The SMILES string of the molecule is CC[C@@H](C)C(C)C(C)[C@H](O)N=O. The van der Waals surface area contributed by atoms with Crippen LogP contribution in [-0.2, 0) is 0 Å². The van der Waals surface area contributed by atoms with Crippen molar-refractivity contribution < 1.29 is 5.11 Å². The molecule has 0 heterocycles. The molecule has 0 bridgehead atoms. The Kier molecular flexibility index (Phi) is 5.06. The molecular weight excluding hydrogens is 154 g/mol. The standard InChI is InChI=1S/C9H19NO2/c1-5-6(2)7(3)8(4)9(11)10-12/h6-9,11H,5H2,1-4H3/t6-,7?,8?,9+/m1/s1. The molecule has 3 heteroatoms. The lowest BCUT2D eigenvalue weighted by molar-refractivity contribution is 0.0754. The normalized spacial score (nSPS) is 21.1. The zero-order valence-corrected chi connectivity index (χ0v) is 8.32. The van der Waals surface area contributed by atoms with Crippen LogP contribution in [0.2, 0.25) is 0 Å². The summed E-state index contributed by atoms with van der Waals surface area (Å²) >= 11 is 0. The van der Waals surface area contributed by atoms with Gasteiger partial charge >= 0.3 is 0 Å². The Bertz CT molecular complexity index is 138. The minimum Gasteiger partial charge on any atom is -0.369 e. The van der Waals surface area contributed by atoms with Gasteiger partial charge in [-0.3, -0.25) is 0 Å². The van der Waals surface area contributed by atoms with Crippen LogP contribution in [0.1, 0.15) is 34.1 Å². The van der Waals surface area contributed by atoms with Gasteiger partial charge in [0.2, 0.25) is 0 Å². The van der Waals surface area contributed by atoms with Gasteiger partial charge in [0.15, 0.2) is 6.23 Å². The molecule has 0 saturated heterocycles. The molecule has 72 valence electrons. The minimum atomic E-state index is -1.05. The molecule has 0 aromatic rings. The van der Waals surface area contributed by atoms with Crippen LogP contribution in [0.25, 0.3) is 0 Å². The topological polar surface area (TPSA) is 49.7 Å². The summed E-state index contributed by atoms with van der Waals surface area (Å²) in [5.41, 5.74) is 0. The molecule has 1 N–H and O–H groups in total. The molecule has 0 spiro atoms. The van der Waals surface area contributed by atoms with Crippen LogP contribution < -0.4 is 0 Å². The number of nitroso groups, excluding NO2 is 1. The summed E-state index contributed by atoms with van der Waals surface area (Å²) in [6, 6.07) is 0. The number of aliphatic hydroxyl groups is 1. The first-order valence-corrected chi connectivity index (χ1v) is 4.55. The van der Waals surface area contributed by atoms with Crippen LogP contribution >= 0.6 is 0 Å². The van der Waals surface area contributed by atoms with Gasteiger partial charge in [-0.25, -0.2) is 0 Å². The molecule has 0 aromatic heterocycles. The van der Waals surface area contributed by atoms with Crippen molar-refractivity contribution in [2.45, 2.75) is 40.3 Å². The maximum atomic E-state index is 10.1. The van der Waals surface area contributed by atoms with Crippen LogP contribution in [-0.4, -0.2) is 11.3 Å². The van der Waals surface area contributed by atoms with Crippen molar-refractivity contribution in [1.82, 2.24) is 0 Å². The van der Waals surface area contributed by atoms with E-state index >= 15 is 0 Å². The van der Waals surface area contributed by atoms with E-state index in [1.165, 1.54) is 0 Å². The van der Waals surface area contributed by atoms with E-state index < -0.39 is 6.23 Å². The van der Waals surface area contributed by atoms with Crippen LogP contribution in [0.5, 0.6) is 0 Å². The molecule has 0 aliphatic rings. The predicted molar refractivity (Wildman–Crippen MR) is 49.6 cm³/mol. The summed E-state index contributed by atoms with van der Waals surface area (Å²) in [7, 11) is 0. The molecule has 2 unspecified atom stereocenters. The van der Waals surface area contributed by atoms with Crippen molar-refractivity contribution >= 4 is 0 Å². The maximum Gasteiger partial charge on any atom is 0.189 e. The van der Waals surface area contributed by atoms with E-state index in [0.29, 0.717) is 11.8 Å². The van der Waals surface area contributed by atoms with E-state index in [9.17, 15) is 4.91 Å². The zero-order chi connectivity index (χ0) is 9.72. The van der Waals surface area contributed by atoms with Crippen LogP contribution in [0, 0.1) is 22.7 Å². The van der Waals surface area contributed by atoms with Gasteiger partial charge in [-0.1, -0.05) is 34.1 Å². The largest absolute Gasteiger partial charge is 0.369 e. The Hall–Kier alpha value is -0.440. The summed E-state index contributed by atoms with van der Waals surface area (Å²) in [5.74, 6) is 0.816. The van der Waals surface area contributed by atoms with Crippen LogP contribution in [0.15, 0.2) is 5.18 Å². The van der Waals surface area contributed by atoms with E-state index in [4.69, 9.17) is 5.11 Å². The van der Waals surface area contributed by atoms with Gasteiger partial charge in [0, 0.05) is 5.92 Å². The smallest absolute Gasteiger partial charge is 0.189 e. The molecule has 0 aliphatic carbocycles. The lowest BCUT2D eigenvalue weighted by atomic mass is 9.83. The Morgan fingerprint density at radius 3 is 2.08 bits per heavy atom. The highest BCUT2D eigenvalue weighted by molar-refractivity contribution is 4.71. The number of nitrogens with zero attached hydrogens (tertiary/aromatic N) is 1. The van der Waals surface area contributed by atoms with E-state index in [2.05, 4.69) is 19.0 Å².